The van der Waals surface area contributed by atoms with Crippen LogP contribution in [-0.4, -0.2) is 38.4 Å². The van der Waals surface area contributed by atoms with Gasteiger partial charge in [0, 0.05) is 11.6 Å². The minimum absolute atomic E-state index is 0.0965. The van der Waals surface area contributed by atoms with Crippen LogP contribution in [0.25, 0.3) is 0 Å². The molecule has 2 rings (SSSR count). The van der Waals surface area contributed by atoms with Crippen LogP contribution in [0.4, 0.5) is 0 Å². The van der Waals surface area contributed by atoms with Crippen molar-refractivity contribution in [2.24, 2.45) is 0 Å². The lowest BCUT2D eigenvalue weighted by Gasteiger charge is -2.18. The number of hydrogen-bond donors (Lipinski definition) is 0. The summed E-state index contributed by atoms with van der Waals surface area (Å²) >= 11 is 5.69. The largest absolute Gasteiger partial charge is 0.354 e. The van der Waals surface area contributed by atoms with Gasteiger partial charge >= 0.3 is 0 Å². The topological polar surface area (TPSA) is 63.7 Å². The van der Waals surface area contributed by atoms with Crippen molar-refractivity contribution < 1.29 is 17.9 Å². The molecule has 0 saturated carbocycles. The fourth-order valence-electron chi connectivity index (χ4n) is 1.58. The van der Waals surface area contributed by atoms with Crippen LogP contribution >= 0.6 is 11.6 Å². The molecule has 1 heterocycles. The lowest BCUT2D eigenvalue weighted by atomic mass is 10.4. The molecule has 0 radical (unpaired) electrons. The number of hydrogen-bond acceptors (Lipinski definition) is 4. The molecule has 1 aromatic carbocycles. The van der Waals surface area contributed by atoms with Crippen LogP contribution in [0.2, 0.25) is 5.02 Å². The quantitative estimate of drug-likeness (QED) is 0.769. The highest BCUT2D eigenvalue weighted by Gasteiger charge is 2.35. The summed E-state index contributed by atoms with van der Waals surface area (Å²) in [7, 11) is -3.70. The normalized spacial score (nSPS) is 21.6. The molecule has 5 nitrogen and oxygen atoms in total. The first kappa shape index (κ1) is 12.5. The van der Waals surface area contributed by atoms with E-state index < -0.39 is 16.3 Å². The Morgan fingerprint density at radius 3 is 2.59 bits per heavy atom. The molecule has 0 bridgehead atoms. The molecule has 0 spiro atoms. The Balaban J connectivity index is 2.36. The molecule has 0 aliphatic carbocycles. The second kappa shape index (κ2) is 4.73. The zero-order valence-corrected chi connectivity index (χ0v) is 10.3. The van der Waals surface area contributed by atoms with E-state index >= 15 is 0 Å². The lowest BCUT2D eigenvalue weighted by Crippen LogP contribution is -2.37. The van der Waals surface area contributed by atoms with E-state index in [0.717, 1.165) is 4.31 Å². The van der Waals surface area contributed by atoms with Crippen LogP contribution in [0.15, 0.2) is 29.2 Å². The van der Waals surface area contributed by atoms with E-state index in [1.165, 1.54) is 24.3 Å². The monoisotopic (exact) mass is 275 g/mol. The van der Waals surface area contributed by atoms with E-state index in [9.17, 15) is 13.2 Å². The van der Waals surface area contributed by atoms with Gasteiger partial charge in [-0.2, -0.15) is 4.31 Å². The van der Waals surface area contributed by atoms with Crippen molar-refractivity contribution in [1.82, 2.24) is 4.31 Å². The van der Waals surface area contributed by atoms with E-state index in [1.807, 2.05) is 0 Å². The molecule has 1 atom stereocenters. The molecular weight excluding hydrogens is 266 g/mol. The zero-order valence-electron chi connectivity index (χ0n) is 8.74. The molecule has 7 heteroatoms. The van der Waals surface area contributed by atoms with Crippen molar-refractivity contribution in [3.05, 3.63) is 29.3 Å². The van der Waals surface area contributed by atoms with Crippen molar-refractivity contribution in [2.45, 2.75) is 11.1 Å². The Labute approximate surface area is 104 Å². The summed E-state index contributed by atoms with van der Waals surface area (Å²) < 4.78 is 30.3. The number of carbonyl (C=O) groups excluding carboxylic acids is 1. The van der Waals surface area contributed by atoms with Crippen molar-refractivity contribution >= 4 is 27.9 Å². The minimum atomic E-state index is -3.70. The molecule has 1 aliphatic rings. The molecule has 1 aromatic rings. The number of aldehydes is 1. The Kier molecular flexibility index (Phi) is 3.48. The van der Waals surface area contributed by atoms with E-state index in [2.05, 4.69) is 0 Å². The van der Waals surface area contributed by atoms with Gasteiger partial charge in [-0.05, 0) is 24.3 Å². The summed E-state index contributed by atoms with van der Waals surface area (Å²) in [5, 5.41) is 0.452. The van der Waals surface area contributed by atoms with E-state index in [0.29, 0.717) is 11.3 Å². The van der Waals surface area contributed by atoms with Crippen LogP contribution in [0.5, 0.6) is 0 Å². The second-order valence-corrected chi connectivity index (χ2v) is 5.79. The van der Waals surface area contributed by atoms with Gasteiger partial charge in [0.1, 0.15) is 0 Å². The van der Waals surface area contributed by atoms with Crippen LogP contribution in [0, 0.1) is 0 Å². The number of carbonyl (C=O) groups is 1. The molecule has 0 amide bonds. The SMILES string of the molecule is O=CC1OCCN1S(=O)(=O)c1ccc(Cl)cc1. The number of benzene rings is 1. The van der Waals surface area contributed by atoms with Crippen molar-refractivity contribution in [1.29, 1.82) is 0 Å². The molecule has 1 unspecified atom stereocenters. The molecule has 0 aromatic heterocycles. The summed E-state index contributed by atoms with van der Waals surface area (Å²) in [4.78, 5) is 10.8. The summed E-state index contributed by atoms with van der Waals surface area (Å²) in [6.07, 6.45) is -0.559. The molecule has 92 valence electrons. The van der Waals surface area contributed by atoms with Gasteiger partial charge in [-0.15, -0.1) is 0 Å². The highest BCUT2D eigenvalue weighted by molar-refractivity contribution is 7.89. The third-order valence-corrected chi connectivity index (χ3v) is 4.55. The van der Waals surface area contributed by atoms with Crippen molar-refractivity contribution in [3.63, 3.8) is 0 Å². The predicted molar refractivity (Wildman–Crippen MR) is 61.1 cm³/mol. The second-order valence-electron chi connectivity index (χ2n) is 3.47. The van der Waals surface area contributed by atoms with Crippen LogP contribution in [0.1, 0.15) is 0 Å². The van der Waals surface area contributed by atoms with Gasteiger partial charge < -0.3 is 4.74 Å². The highest BCUT2D eigenvalue weighted by Crippen LogP contribution is 2.22. The molecule has 0 N–H and O–H groups in total. The summed E-state index contributed by atoms with van der Waals surface area (Å²) in [6.45, 7) is 0.393. The predicted octanol–water partition coefficient (Wildman–Crippen LogP) is 0.886. The molecule has 17 heavy (non-hydrogen) atoms. The van der Waals surface area contributed by atoms with Gasteiger partial charge in [0.25, 0.3) is 0 Å². The Morgan fingerprint density at radius 1 is 1.35 bits per heavy atom. The standard InChI is InChI=1S/C10H10ClNO4S/c11-8-1-3-9(4-2-8)17(14,15)12-5-6-16-10(12)7-13/h1-4,7,10H,5-6H2. The maximum absolute atomic E-state index is 12.2. The van der Waals surface area contributed by atoms with Gasteiger partial charge in [-0.3, -0.25) is 4.79 Å². The number of ether oxygens (including phenoxy) is 1. The maximum Gasteiger partial charge on any atom is 0.245 e. The number of halogens is 1. The Hall–Kier alpha value is -0.950. The maximum atomic E-state index is 12.2. The van der Waals surface area contributed by atoms with Gasteiger partial charge in [-0.1, -0.05) is 11.6 Å². The van der Waals surface area contributed by atoms with Crippen molar-refractivity contribution in [3.8, 4) is 0 Å². The van der Waals surface area contributed by atoms with Gasteiger partial charge in [0.05, 0.1) is 11.5 Å². The van der Waals surface area contributed by atoms with Crippen molar-refractivity contribution in [2.75, 3.05) is 13.2 Å². The van der Waals surface area contributed by atoms with Gasteiger partial charge in [0.15, 0.2) is 12.5 Å². The molecular formula is C10H10ClNO4S. The average Bonchev–Trinajstić information content (AvgIpc) is 2.78. The zero-order chi connectivity index (χ0) is 12.5. The first-order valence-corrected chi connectivity index (χ1v) is 6.72. The first-order valence-electron chi connectivity index (χ1n) is 4.90. The number of rotatable bonds is 3. The highest BCUT2D eigenvalue weighted by atomic mass is 35.5. The van der Waals surface area contributed by atoms with Gasteiger partial charge in [-0.25, -0.2) is 8.42 Å². The smallest absolute Gasteiger partial charge is 0.245 e. The molecule has 1 aliphatic heterocycles. The van der Waals surface area contributed by atoms with Crippen LogP contribution < -0.4 is 0 Å². The fraction of sp³-hybridized carbons (Fsp3) is 0.300. The van der Waals surface area contributed by atoms with E-state index in [1.54, 1.807) is 0 Å². The average molecular weight is 276 g/mol. The minimum Gasteiger partial charge on any atom is -0.354 e. The summed E-state index contributed by atoms with van der Waals surface area (Å²) in [5.74, 6) is 0. The van der Waals surface area contributed by atoms with Crippen LogP contribution in [0.3, 0.4) is 0 Å². The third-order valence-electron chi connectivity index (χ3n) is 2.42. The van der Waals surface area contributed by atoms with E-state index in [4.69, 9.17) is 16.3 Å². The Bertz CT molecular complexity index is 514. The lowest BCUT2D eigenvalue weighted by molar-refractivity contribution is -0.118. The third kappa shape index (κ3) is 2.35. The molecule has 1 saturated heterocycles. The van der Waals surface area contributed by atoms with Crippen LogP contribution in [-0.2, 0) is 19.6 Å². The van der Waals surface area contributed by atoms with Gasteiger partial charge in [0.2, 0.25) is 10.0 Å². The molecule has 1 fully saturated rings. The Morgan fingerprint density at radius 2 is 2.00 bits per heavy atom. The van der Waals surface area contributed by atoms with E-state index in [-0.39, 0.29) is 18.0 Å². The summed E-state index contributed by atoms with van der Waals surface area (Å²) in [6, 6.07) is 5.78. The fourth-order valence-corrected chi connectivity index (χ4v) is 3.16. The summed E-state index contributed by atoms with van der Waals surface area (Å²) in [5.41, 5.74) is 0. The first-order chi connectivity index (χ1) is 8.05. The number of nitrogens with zero attached hydrogens (tertiary/aromatic N) is 1. The number of sulfonamides is 1.